The average Bonchev–Trinajstić information content (AvgIpc) is 2.65. The van der Waals surface area contributed by atoms with Crippen LogP contribution in [0.4, 0.5) is 22.0 Å². The Morgan fingerprint density at radius 1 is 1.29 bits per heavy atom. The summed E-state index contributed by atoms with van der Waals surface area (Å²) in [6.07, 6.45) is -4.91. The number of hydrogen-bond acceptors (Lipinski definition) is 4. The van der Waals surface area contributed by atoms with Gasteiger partial charge in [0.25, 0.3) is 5.92 Å². The predicted molar refractivity (Wildman–Crippen MR) is 63.1 cm³/mol. The van der Waals surface area contributed by atoms with Crippen molar-refractivity contribution in [2.45, 2.75) is 38.1 Å². The molecular weight excluding hydrogens is 297 g/mol. The highest BCUT2D eigenvalue weighted by molar-refractivity contribution is 5.11. The minimum Gasteiger partial charge on any atom is -0.465 e. The van der Waals surface area contributed by atoms with E-state index >= 15 is 0 Å². The molecule has 1 aromatic rings. The van der Waals surface area contributed by atoms with Crippen molar-refractivity contribution in [2.24, 2.45) is 0 Å². The molecule has 1 saturated heterocycles. The van der Waals surface area contributed by atoms with Gasteiger partial charge in [-0.15, -0.1) is 0 Å². The number of likely N-dealkylation sites (tertiary alicyclic amines) is 1. The zero-order valence-corrected chi connectivity index (χ0v) is 11.4. The first-order valence-corrected chi connectivity index (χ1v) is 6.27. The van der Waals surface area contributed by atoms with Gasteiger partial charge in [0, 0.05) is 12.6 Å². The summed E-state index contributed by atoms with van der Waals surface area (Å²) in [6.45, 7) is 3.07. The molecule has 1 unspecified atom stereocenters. The molecule has 1 aliphatic rings. The third-order valence-corrected chi connectivity index (χ3v) is 3.20. The number of nitrogens with zero attached hydrogens (tertiary/aromatic N) is 3. The van der Waals surface area contributed by atoms with E-state index in [0.29, 0.717) is 12.4 Å². The average molecular weight is 311 g/mol. The molecule has 0 aliphatic carbocycles. The van der Waals surface area contributed by atoms with Gasteiger partial charge in [-0.1, -0.05) is 0 Å². The lowest BCUT2D eigenvalue weighted by molar-refractivity contribution is -0.141. The molecule has 9 heteroatoms. The lowest BCUT2D eigenvalue weighted by Crippen LogP contribution is -2.36. The van der Waals surface area contributed by atoms with E-state index in [9.17, 15) is 22.0 Å². The highest BCUT2D eigenvalue weighted by Gasteiger charge is 2.50. The van der Waals surface area contributed by atoms with Gasteiger partial charge in [-0.05, 0) is 13.8 Å². The lowest BCUT2D eigenvalue weighted by Gasteiger charge is -2.19. The zero-order chi connectivity index (χ0) is 15.8. The molecule has 1 aliphatic heterocycles. The predicted octanol–water partition coefficient (Wildman–Crippen LogP) is 2.60. The molecule has 4 nitrogen and oxygen atoms in total. The van der Waals surface area contributed by atoms with Crippen LogP contribution in [-0.2, 0) is 6.18 Å². The Morgan fingerprint density at radius 2 is 1.95 bits per heavy atom. The van der Waals surface area contributed by atoms with Gasteiger partial charge in [-0.2, -0.15) is 13.2 Å². The Balaban J connectivity index is 2.08. The van der Waals surface area contributed by atoms with Crippen LogP contribution in [0, 0.1) is 0 Å². The molecule has 0 spiro atoms. The van der Waals surface area contributed by atoms with Gasteiger partial charge in [0.1, 0.15) is 0 Å². The van der Waals surface area contributed by atoms with E-state index < -0.39 is 30.4 Å². The molecule has 2 rings (SSSR count). The minimum absolute atomic E-state index is 0.0205. The summed E-state index contributed by atoms with van der Waals surface area (Å²) < 4.78 is 69.5. The maximum atomic E-state index is 13.8. The first-order valence-electron chi connectivity index (χ1n) is 6.27. The molecule has 0 bridgehead atoms. The van der Waals surface area contributed by atoms with Crippen molar-refractivity contribution in [3.8, 4) is 5.88 Å². The Hall–Kier alpha value is -1.51. The van der Waals surface area contributed by atoms with Gasteiger partial charge < -0.3 is 4.74 Å². The third kappa shape index (κ3) is 3.58. The van der Waals surface area contributed by atoms with Crippen LogP contribution >= 0.6 is 0 Å². The first-order chi connectivity index (χ1) is 9.59. The number of halogens is 5. The Labute approximate surface area is 117 Å². The lowest BCUT2D eigenvalue weighted by atomic mass is 10.2. The van der Waals surface area contributed by atoms with Gasteiger partial charge >= 0.3 is 6.18 Å². The molecule has 0 N–H and O–H groups in total. The summed E-state index contributed by atoms with van der Waals surface area (Å²) in [5.41, 5.74) is -1.20. The first kappa shape index (κ1) is 15.9. The molecule has 21 heavy (non-hydrogen) atoms. The van der Waals surface area contributed by atoms with Gasteiger partial charge in [0.05, 0.1) is 18.9 Å². The monoisotopic (exact) mass is 311 g/mol. The van der Waals surface area contributed by atoms with Crippen LogP contribution in [0.3, 0.4) is 0 Å². The molecule has 0 amide bonds. The van der Waals surface area contributed by atoms with E-state index in [0.717, 1.165) is 0 Å². The Morgan fingerprint density at radius 3 is 2.38 bits per heavy atom. The van der Waals surface area contributed by atoms with Crippen molar-refractivity contribution in [1.82, 2.24) is 14.9 Å². The minimum atomic E-state index is -4.63. The maximum absolute atomic E-state index is 13.8. The molecule has 0 saturated carbocycles. The van der Waals surface area contributed by atoms with Crippen LogP contribution in [0.15, 0.2) is 12.4 Å². The molecule has 0 radical (unpaired) electrons. The molecule has 1 aromatic heterocycles. The van der Waals surface area contributed by atoms with Crippen LogP contribution in [-0.4, -0.2) is 46.0 Å². The number of hydrogen-bond donors (Lipinski definition) is 0. The SMILES string of the molecule is CC(C)N1CC(Oc2cnc(C(F)(F)F)cn2)C(F)(F)C1. The smallest absolute Gasteiger partial charge is 0.434 e. The number of aromatic nitrogens is 2. The summed E-state index contributed by atoms with van der Waals surface area (Å²) >= 11 is 0. The second-order valence-electron chi connectivity index (χ2n) is 5.13. The van der Waals surface area contributed by atoms with Crippen molar-refractivity contribution in [3.05, 3.63) is 18.1 Å². The van der Waals surface area contributed by atoms with Gasteiger partial charge in [0.2, 0.25) is 5.88 Å². The van der Waals surface area contributed by atoms with Crippen molar-refractivity contribution >= 4 is 0 Å². The van der Waals surface area contributed by atoms with Crippen molar-refractivity contribution < 1.29 is 26.7 Å². The maximum Gasteiger partial charge on any atom is 0.434 e. The molecule has 1 atom stereocenters. The summed E-state index contributed by atoms with van der Waals surface area (Å²) in [5, 5.41) is 0. The fourth-order valence-electron chi connectivity index (χ4n) is 1.97. The van der Waals surface area contributed by atoms with E-state index in [-0.39, 0.29) is 18.5 Å². The van der Waals surface area contributed by atoms with Crippen molar-refractivity contribution in [3.63, 3.8) is 0 Å². The highest BCUT2D eigenvalue weighted by atomic mass is 19.4. The number of rotatable bonds is 3. The molecule has 0 aromatic carbocycles. The summed E-state index contributed by atoms with van der Waals surface area (Å²) in [4.78, 5) is 8.04. The van der Waals surface area contributed by atoms with E-state index in [4.69, 9.17) is 4.74 Å². The highest BCUT2D eigenvalue weighted by Crippen LogP contribution is 2.32. The van der Waals surface area contributed by atoms with E-state index in [2.05, 4.69) is 9.97 Å². The second kappa shape index (κ2) is 5.36. The fourth-order valence-corrected chi connectivity index (χ4v) is 1.97. The van der Waals surface area contributed by atoms with E-state index in [1.54, 1.807) is 13.8 Å². The van der Waals surface area contributed by atoms with Crippen molar-refractivity contribution in [1.29, 1.82) is 0 Å². The summed E-state index contributed by atoms with van der Waals surface area (Å²) in [6, 6.07) is -0.0804. The van der Waals surface area contributed by atoms with Crippen LogP contribution < -0.4 is 4.74 Å². The topological polar surface area (TPSA) is 38.2 Å². The van der Waals surface area contributed by atoms with Gasteiger partial charge in [0.15, 0.2) is 11.8 Å². The number of alkyl halides is 5. The summed E-state index contributed by atoms with van der Waals surface area (Å²) in [5.74, 6) is -3.44. The van der Waals surface area contributed by atoms with E-state index in [1.807, 2.05) is 0 Å². The summed E-state index contributed by atoms with van der Waals surface area (Å²) in [7, 11) is 0. The largest absolute Gasteiger partial charge is 0.465 e. The van der Waals surface area contributed by atoms with Crippen LogP contribution in [0.2, 0.25) is 0 Å². The Bertz CT molecular complexity index is 489. The molecule has 2 heterocycles. The normalized spacial score (nSPS) is 22.8. The third-order valence-electron chi connectivity index (χ3n) is 3.20. The molecule has 118 valence electrons. The van der Waals surface area contributed by atoms with Gasteiger partial charge in [-0.25, -0.2) is 18.7 Å². The quantitative estimate of drug-likeness (QED) is 0.804. The van der Waals surface area contributed by atoms with Crippen LogP contribution in [0.1, 0.15) is 19.5 Å². The Kier molecular flexibility index (Phi) is 4.05. The van der Waals surface area contributed by atoms with Crippen LogP contribution in [0.5, 0.6) is 5.88 Å². The van der Waals surface area contributed by atoms with Crippen molar-refractivity contribution in [2.75, 3.05) is 13.1 Å². The standard InChI is InChI=1S/C12H14F5N3O/c1-7(2)20-5-9(11(13,14)6-20)21-10-4-18-8(3-19-10)12(15,16)17/h3-4,7,9H,5-6H2,1-2H3. The zero-order valence-electron chi connectivity index (χ0n) is 11.4. The fraction of sp³-hybridized carbons (Fsp3) is 0.667. The van der Waals surface area contributed by atoms with Gasteiger partial charge in [-0.3, -0.25) is 4.90 Å². The molecular formula is C12H14F5N3O. The second-order valence-corrected chi connectivity index (χ2v) is 5.13. The van der Waals surface area contributed by atoms with E-state index in [1.165, 1.54) is 4.90 Å². The van der Waals surface area contributed by atoms with Crippen LogP contribution in [0.25, 0.3) is 0 Å². The number of ether oxygens (including phenoxy) is 1. The molecule has 1 fully saturated rings.